The van der Waals surface area contributed by atoms with Crippen LogP contribution in [0.4, 0.5) is 34.1 Å². The molecule has 0 fully saturated rings. The van der Waals surface area contributed by atoms with Gasteiger partial charge in [0.15, 0.2) is 5.75 Å². The molecule has 43 heavy (non-hydrogen) atoms. The number of azo groups is 2. The number of nitro groups is 1. The number of aromatic hydroxyl groups is 1. The predicted octanol–water partition coefficient (Wildman–Crippen LogP) is 6.48. The first-order valence-corrected chi connectivity index (χ1v) is 13.8. The minimum Gasteiger partial charge on any atom is -0.505 e. The van der Waals surface area contributed by atoms with Crippen molar-refractivity contribution in [1.82, 2.24) is 9.97 Å². The van der Waals surface area contributed by atoms with Crippen molar-refractivity contribution in [2.45, 2.75) is 9.79 Å². The molecule has 0 bridgehead atoms. The summed E-state index contributed by atoms with van der Waals surface area (Å²) in [5.74, 6) is -0.604. The summed E-state index contributed by atoms with van der Waals surface area (Å²) >= 11 is 0.395. The number of nitro benzene ring substituents is 1. The van der Waals surface area contributed by atoms with E-state index in [1.165, 1.54) is 48.9 Å². The number of hydrogen-bond acceptors (Lipinski definition) is 16. The Bertz CT molecular complexity index is 2060. The average Bonchev–Trinajstić information content (AvgIpc) is 2.98. The van der Waals surface area contributed by atoms with Crippen LogP contribution in [0.2, 0.25) is 0 Å². The molecule has 5 aromatic rings. The van der Waals surface area contributed by atoms with Crippen LogP contribution in [0.25, 0.3) is 21.7 Å². The number of phenols is 1. The summed E-state index contributed by atoms with van der Waals surface area (Å²) < 4.78 is 39.3. The number of rotatable bonds is 9. The third-order valence-electron chi connectivity index (χ3n) is 5.84. The summed E-state index contributed by atoms with van der Waals surface area (Å²) in [6, 6.07) is 10.8. The summed E-state index contributed by atoms with van der Waals surface area (Å²) in [6.07, 6.45) is 4.28. The number of nitrogen functional groups attached to an aromatic ring is 1. The topological polar surface area (TPSA) is 258 Å². The number of nitrogens with zero attached hydrogens (tertiary/aromatic N) is 7. The van der Waals surface area contributed by atoms with Crippen molar-refractivity contribution in [3.63, 3.8) is 0 Å². The molecule has 0 unspecified atom stereocenters. The molecule has 0 amide bonds. The molecule has 0 atom stereocenters. The molecule has 0 saturated carbocycles. The smallest absolute Gasteiger partial charge is 0.296 e. The van der Waals surface area contributed by atoms with Crippen molar-refractivity contribution < 1.29 is 37.6 Å². The lowest BCUT2D eigenvalue weighted by Gasteiger charge is -2.14. The molecular weight excluding hydrogens is 608 g/mol. The fourth-order valence-corrected chi connectivity index (χ4v) is 5.20. The molecule has 0 saturated heterocycles. The zero-order valence-electron chi connectivity index (χ0n) is 21.2. The first kappa shape index (κ1) is 29.3. The number of pyridine rings is 2. The van der Waals surface area contributed by atoms with Gasteiger partial charge in [-0.25, -0.2) is 5.26 Å². The molecule has 0 aliphatic carbocycles. The minimum absolute atomic E-state index is 0.00909. The van der Waals surface area contributed by atoms with Crippen LogP contribution in [0.1, 0.15) is 0 Å². The van der Waals surface area contributed by atoms with E-state index in [9.17, 15) is 28.2 Å². The Hall–Kier alpha value is -5.18. The lowest BCUT2D eigenvalue weighted by atomic mass is 10.1. The van der Waals surface area contributed by atoms with Crippen LogP contribution in [0.15, 0.2) is 97.4 Å². The average molecular weight is 625 g/mol. The number of hydrogen-bond donors (Lipinski definition) is 4. The number of aromatic nitrogens is 2. The Morgan fingerprint density at radius 3 is 2.49 bits per heavy atom. The number of phenolic OH excluding ortho intramolecular Hbond substituents is 1. The van der Waals surface area contributed by atoms with Gasteiger partial charge in [-0.2, -0.15) is 8.42 Å². The van der Waals surface area contributed by atoms with Crippen LogP contribution in [-0.2, 0) is 19.5 Å². The van der Waals surface area contributed by atoms with Crippen molar-refractivity contribution in [3.05, 3.63) is 77.2 Å². The molecule has 0 aliphatic heterocycles. The van der Waals surface area contributed by atoms with Gasteiger partial charge in [0.25, 0.3) is 15.8 Å². The normalized spacial score (nSPS) is 12.1. The zero-order chi connectivity index (χ0) is 30.7. The van der Waals surface area contributed by atoms with Crippen molar-refractivity contribution in [3.8, 4) is 5.75 Å². The molecule has 2 aromatic heterocycles. The molecule has 2 heterocycles. The first-order chi connectivity index (χ1) is 20.6. The summed E-state index contributed by atoms with van der Waals surface area (Å²) in [4.78, 5) is 18.1. The Morgan fingerprint density at radius 1 is 1.02 bits per heavy atom. The molecule has 19 heteroatoms. The summed E-state index contributed by atoms with van der Waals surface area (Å²) in [5, 5.41) is 50.9. The summed E-state index contributed by atoms with van der Waals surface area (Å²) in [5.41, 5.74) is 5.26. The SMILES string of the molecule is Nc1c(N=Nc2ccc([N+](=O)[O-])c3cccnc23)c(S(=O)(=O)O)cc2cc(SOOO)c(N=Nc3cccnc3)c(O)c12. The van der Waals surface area contributed by atoms with Crippen LogP contribution in [-0.4, -0.2) is 38.2 Å². The molecule has 17 nitrogen and oxygen atoms in total. The van der Waals surface area contributed by atoms with Crippen LogP contribution < -0.4 is 5.73 Å². The van der Waals surface area contributed by atoms with Gasteiger partial charge in [-0.15, -0.1) is 24.8 Å². The van der Waals surface area contributed by atoms with Crippen molar-refractivity contribution in [2.75, 3.05) is 5.73 Å². The lowest BCUT2D eigenvalue weighted by molar-refractivity contribution is -0.432. The van der Waals surface area contributed by atoms with Crippen LogP contribution >= 0.6 is 12.0 Å². The van der Waals surface area contributed by atoms with E-state index in [0.717, 1.165) is 6.07 Å². The lowest BCUT2D eigenvalue weighted by Crippen LogP contribution is -2.02. The van der Waals surface area contributed by atoms with Crippen LogP contribution in [0, 0.1) is 10.1 Å². The van der Waals surface area contributed by atoms with E-state index in [1.54, 1.807) is 12.1 Å². The Labute approximate surface area is 244 Å². The molecule has 3 aromatic carbocycles. The van der Waals surface area contributed by atoms with Gasteiger partial charge in [0.05, 0.1) is 44.5 Å². The fourth-order valence-electron chi connectivity index (χ4n) is 4.03. The molecule has 218 valence electrons. The second kappa shape index (κ2) is 12.0. The van der Waals surface area contributed by atoms with E-state index in [4.69, 9.17) is 11.0 Å². The maximum Gasteiger partial charge on any atom is 0.296 e. The van der Waals surface area contributed by atoms with E-state index in [0.29, 0.717) is 17.7 Å². The summed E-state index contributed by atoms with van der Waals surface area (Å²) in [6.45, 7) is 0. The Morgan fingerprint density at radius 2 is 1.79 bits per heavy atom. The van der Waals surface area contributed by atoms with E-state index < -0.39 is 37.1 Å². The monoisotopic (exact) mass is 624 g/mol. The highest BCUT2D eigenvalue weighted by Crippen LogP contribution is 2.49. The van der Waals surface area contributed by atoms with E-state index in [1.807, 2.05) is 0 Å². The van der Waals surface area contributed by atoms with Gasteiger partial charge in [-0.3, -0.25) is 24.6 Å². The number of benzene rings is 3. The molecule has 0 radical (unpaired) electrons. The predicted molar refractivity (Wildman–Crippen MR) is 151 cm³/mol. The molecule has 0 spiro atoms. The molecule has 0 aliphatic rings. The third-order valence-corrected chi connectivity index (χ3v) is 7.32. The number of nitrogens with two attached hydrogens (primary N) is 1. The van der Waals surface area contributed by atoms with E-state index in [2.05, 4.69) is 39.8 Å². The van der Waals surface area contributed by atoms with Crippen LogP contribution in [0.5, 0.6) is 5.75 Å². The molecule has 5 N–H and O–H groups in total. The quantitative estimate of drug-likeness (QED) is 0.0260. The minimum atomic E-state index is -4.98. The maximum absolute atomic E-state index is 12.4. The highest BCUT2D eigenvalue weighted by atomic mass is 32.2. The Kier molecular flexibility index (Phi) is 8.16. The van der Waals surface area contributed by atoms with Gasteiger partial charge in [0.2, 0.25) is 0 Å². The summed E-state index contributed by atoms with van der Waals surface area (Å²) in [7, 11) is -4.98. The van der Waals surface area contributed by atoms with Gasteiger partial charge >= 0.3 is 0 Å². The van der Waals surface area contributed by atoms with Gasteiger partial charge in [0, 0.05) is 18.5 Å². The largest absolute Gasteiger partial charge is 0.505 e. The van der Waals surface area contributed by atoms with Crippen molar-refractivity contribution in [2.24, 2.45) is 20.5 Å². The van der Waals surface area contributed by atoms with Crippen molar-refractivity contribution in [1.29, 1.82) is 0 Å². The highest BCUT2D eigenvalue weighted by Gasteiger charge is 2.26. The second-order valence-corrected chi connectivity index (χ2v) is 10.5. The molecular formula is C24H16N8O9S2. The maximum atomic E-state index is 12.4. The number of fused-ring (bicyclic) bond motifs is 2. The van der Waals surface area contributed by atoms with E-state index >= 15 is 0 Å². The highest BCUT2D eigenvalue weighted by molar-refractivity contribution is 7.94. The van der Waals surface area contributed by atoms with Crippen LogP contribution in [0.3, 0.4) is 0 Å². The van der Waals surface area contributed by atoms with Gasteiger partial charge in [0.1, 0.15) is 33.2 Å². The van der Waals surface area contributed by atoms with Crippen molar-refractivity contribution >= 4 is 78.0 Å². The van der Waals surface area contributed by atoms with Gasteiger partial charge < -0.3 is 10.8 Å². The fraction of sp³-hybridized carbons (Fsp3) is 0. The van der Waals surface area contributed by atoms with Gasteiger partial charge in [-0.05, 0) is 47.9 Å². The second-order valence-electron chi connectivity index (χ2n) is 8.38. The van der Waals surface area contributed by atoms with Gasteiger partial charge in [-0.1, -0.05) is 5.04 Å². The Balaban J connectivity index is 1.73. The zero-order valence-corrected chi connectivity index (χ0v) is 22.8. The number of non-ortho nitro benzene ring substituents is 1. The standard InChI is InChI=1S/C24H16N8O9S2/c25-20-19-12(9-17(42-41-40-36)22(24(19)33)30-28-13-3-1-7-26-11-13)10-18(43(37,38)39)23(20)31-29-15-5-6-16(32(34)35)14-4-2-8-27-21(14)15/h1-11,33,36H,25H2,(H,37,38,39). The molecule has 5 rings (SSSR count). The first-order valence-electron chi connectivity index (χ1n) is 11.6. The van der Waals surface area contributed by atoms with E-state index in [-0.39, 0.29) is 43.6 Å². The third kappa shape index (κ3) is 5.92. The number of anilines is 1.